The molecule has 2 unspecified atom stereocenters. The monoisotopic (exact) mass is 688 g/mol. The quantitative estimate of drug-likeness (QED) is 0.0289. The smallest absolute Gasteiger partial charge is 0.388 e. The van der Waals surface area contributed by atoms with Gasteiger partial charge in [0.1, 0.15) is 12.1 Å². The second-order valence-electron chi connectivity index (χ2n) is 7.23. The molecular formula is C18H34N4O16P2S2. The summed E-state index contributed by atoms with van der Waals surface area (Å²) < 4.78 is 31.4. The maximum absolute atomic E-state index is 12.3. The van der Waals surface area contributed by atoms with Gasteiger partial charge >= 0.3 is 37.5 Å². The van der Waals surface area contributed by atoms with Gasteiger partial charge in [-0.15, -0.1) is 0 Å². The topological polar surface area (TPSA) is 331 Å². The molecule has 0 aliphatic rings. The third-order valence-electron chi connectivity index (χ3n) is 4.08. The fourth-order valence-corrected chi connectivity index (χ4v) is 5.90. The normalized spacial score (nSPS) is 14.0. The highest BCUT2D eigenvalue weighted by molar-refractivity contribution is 8.55. The van der Waals surface area contributed by atoms with E-state index >= 15 is 0 Å². The van der Waals surface area contributed by atoms with Crippen molar-refractivity contribution in [3.8, 4) is 0 Å². The summed E-state index contributed by atoms with van der Waals surface area (Å²) in [6.07, 6.45) is -1.62. The summed E-state index contributed by atoms with van der Waals surface area (Å²) in [5.41, 5.74) is 10.9. The van der Waals surface area contributed by atoms with Gasteiger partial charge in [0.2, 0.25) is 11.8 Å². The minimum Gasteiger partial charge on any atom is -0.468 e. The number of hydrogen-bond donors (Lipinski definition) is 8. The minimum absolute atomic E-state index is 0.290. The van der Waals surface area contributed by atoms with E-state index in [1.807, 2.05) is 24.5 Å². The molecule has 4 atom stereocenters. The van der Waals surface area contributed by atoms with Gasteiger partial charge in [0.05, 0.1) is 14.2 Å². The van der Waals surface area contributed by atoms with Gasteiger partial charge in [-0.25, -0.2) is 28.5 Å². The van der Waals surface area contributed by atoms with Crippen LogP contribution in [0.1, 0.15) is 39.5 Å². The molecule has 0 saturated heterocycles. The lowest BCUT2D eigenvalue weighted by Gasteiger charge is -2.19. The maximum atomic E-state index is 12.3. The first-order valence-corrected chi connectivity index (χ1v) is 17.6. The molecule has 0 rings (SSSR count). The zero-order valence-corrected chi connectivity index (χ0v) is 26.1. The van der Waals surface area contributed by atoms with Crippen molar-refractivity contribution < 1.29 is 76.7 Å². The van der Waals surface area contributed by atoms with Crippen LogP contribution in [0.25, 0.3) is 0 Å². The highest BCUT2D eigenvalue weighted by Crippen LogP contribution is 2.53. The molecule has 0 radical (unpaired) electrons. The molecule has 0 aromatic carbocycles. The number of nitrogens with one attached hydrogen (secondary N) is 2. The molecule has 24 heteroatoms. The van der Waals surface area contributed by atoms with Gasteiger partial charge in [0, 0.05) is 12.8 Å². The molecule has 0 aliphatic carbocycles. The molecule has 0 aromatic heterocycles. The first-order valence-electron chi connectivity index (χ1n) is 11.4. The zero-order chi connectivity index (χ0) is 33.3. The number of amides is 2. The van der Waals surface area contributed by atoms with E-state index in [2.05, 4.69) is 19.2 Å². The van der Waals surface area contributed by atoms with Crippen molar-refractivity contribution in [3.63, 3.8) is 0 Å². The highest BCUT2D eigenvalue weighted by Gasteiger charge is 2.36. The first kappa shape index (κ1) is 41.9. The molecule has 0 saturated carbocycles. The van der Waals surface area contributed by atoms with Crippen molar-refractivity contribution in [1.82, 2.24) is 10.6 Å². The number of ether oxygens (including phenoxy) is 2. The van der Waals surface area contributed by atoms with Crippen molar-refractivity contribution in [3.05, 3.63) is 0 Å². The van der Waals surface area contributed by atoms with Crippen LogP contribution in [0, 0.1) is 0 Å². The van der Waals surface area contributed by atoms with E-state index in [4.69, 9.17) is 31.0 Å². The van der Waals surface area contributed by atoms with Crippen LogP contribution in [0.4, 0.5) is 0 Å². The molecule has 0 fully saturated rings. The second kappa shape index (κ2) is 20.6. The highest BCUT2D eigenvalue weighted by atomic mass is 32.7. The lowest BCUT2D eigenvalue weighted by atomic mass is 10.1. The number of methoxy groups -OCH3 is 2. The van der Waals surface area contributed by atoms with Crippen molar-refractivity contribution >= 4 is 72.1 Å². The summed E-state index contributed by atoms with van der Waals surface area (Å²) in [4.78, 5) is 116. The van der Waals surface area contributed by atoms with Gasteiger partial charge in [0.25, 0.3) is 0 Å². The number of hydrogen-bond acceptors (Lipinski definition) is 16. The number of carbonyl (C=O) groups is 6. The van der Waals surface area contributed by atoms with Crippen molar-refractivity contribution in [2.45, 2.75) is 62.4 Å². The number of rotatable bonds is 16. The Labute approximate surface area is 247 Å². The summed E-state index contributed by atoms with van der Waals surface area (Å²) in [7, 11) is 2.09. The van der Waals surface area contributed by atoms with E-state index in [0.717, 1.165) is 14.2 Å². The molecule has 20 nitrogen and oxygen atoms in total. The average molecular weight is 689 g/mol. The van der Waals surface area contributed by atoms with Crippen LogP contribution in [-0.4, -0.2) is 92.3 Å². The van der Waals surface area contributed by atoms with E-state index in [0.29, 0.717) is 0 Å². The van der Waals surface area contributed by atoms with Gasteiger partial charge in [-0.3, -0.25) is 19.2 Å². The van der Waals surface area contributed by atoms with Crippen LogP contribution in [-0.2, 0) is 57.1 Å². The Morgan fingerprint density at radius 1 is 0.667 bits per heavy atom. The second-order valence-corrected chi connectivity index (χ2v) is 14.7. The summed E-state index contributed by atoms with van der Waals surface area (Å²) in [6.45, 7) is -6.15. The zero-order valence-electron chi connectivity index (χ0n) is 22.7. The van der Waals surface area contributed by atoms with E-state index in [1.54, 1.807) is 0 Å². The molecule has 0 aliphatic heterocycles. The van der Waals surface area contributed by atoms with E-state index < -0.39 is 108 Å². The molecule has 0 spiro atoms. The largest absolute Gasteiger partial charge is 0.468 e. The Morgan fingerprint density at radius 3 is 1.19 bits per heavy atom. The lowest BCUT2D eigenvalue weighted by Crippen LogP contribution is -2.43. The molecular weight excluding hydrogens is 654 g/mol. The molecule has 0 bridgehead atoms. The van der Waals surface area contributed by atoms with Crippen LogP contribution >= 0.6 is 36.4 Å². The van der Waals surface area contributed by atoms with Crippen molar-refractivity contribution in [2.75, 3.05) is 14.2 Å². The fourth-order valence-electron chi connectivity index (χ4n) is 2.25. The van der Waals surface area contributed by atoms with Gasteiger partial charge in [-0.05, 0) is 35.6 Å². The Morgan fingerprint density at radius 2 is 0.952 bits per heavy atom. The summed E-state index contributed by atoms with van der Waals surface area (Å²) >= 11 is -0.851. The van der Waals surface area contributed by atoms with Crippen LogP contribution in [0.5, 0.6) is 0 Å². The first-order chi connectivity index (χ1) is 19.3. The van der Waals surface area contributed by atoms with E-state index in [-0.39, 0.29) is 12.8 Å². The van der Waals surface area contributed by atoms with Crippen LogP contribution in [0.15, 0.2) is 0 Å². The van der Waals surface area contributed by atoms with Crippen LogP contribution < -0.4 is 22.1 Å². The Kier molecular flexibility index (Phi) is 20.5. The number of nitrogens with two attached hydrogens (primary N) is 2. The molecule has 0 aromatic rings. The van der Waals surface area contributed by atoms with Crippen LogP contribution in [0.2, 0.25) is 0 Å². The van der Waals surface area contributed by atoms with Gasteiger partial charge in [0.15, 0.2) is 10.7 Å². The average Bonchev–Trinajstić information content (AvgIpc) is 2.90. The van der Waals surface area contributed by atoms with Gasteiger partial charge in [-0.1, -0.05) is 13.8 Å². The molecule has 244 valence electrons. The maximum Gasteiger partial charge on any atom is 0.388 e. The Hall–Kier alpha value is -2.26. The number of carbonyl (C=O) groups excluding carboxylic acids is 6. The fraction of sp³-hybridized carbons (Fsp3) is 0.667. The molecule has 2 amide bonds. The lowest BCUT2D eigenvalue weighted by molar-refractivity contribution is -0.258. The van der Waals surface area contributed by atoms with Crippen LogP contribution in [0.3, 0.4) is 0 Å². The standard InChI is InChI=1S/C16H28N4O16P2S2.C2H6/c1-33-13(23)7(17)3-5-9(21)19-11(39-37(27,28)29)15(25)35-36-16(26)12(40-38(30,31)32)20-10(22)6-4-8(18)14(24)34-2;1-2/h7-8,11-12H,3-6,17-18H2,1-2H3,(H,19,21)(H,20,22)(H2,27,28,29)(H2,30,31,32);1-2H3/t7?,8?,11-,12+;. The summed E-state index contributed by atoms with van der Waals surface area (Å²) in [5.74, 6) is -7.32. The van der Waals surface area contributed by atoms with E-state index in [9.17, 15) is 37.9 Å². The predicted octanol–water partition coefficient (Wildman–Crippen LogP) is -1.89. The SMILES string of the molecule is CC.COC(=O)C(N)CCC(=O)N[C@H](SP(=O)(O)O)C(=O)OOC(=O)[C@@H](NC(=O)CCC(N)C(=O)OC)SP(=O)(O)O. The van der Waals surface area contributed by atoms with E-state index in [1.165, 1.54) is 0 Å². The van der Waals surface area contributed by atoms with Crippen molar-refractivity contribution in [1.29, 1.82) is 0 Å². The minimum atomic E-state index is -5.07. The van der Waals surface area contributed by atoms with Gasteiger partial charge < -0.3 is 51.1 Å². The van der Waals surface area contributed by atoms with Gasteiger partial charge in [-0.2, -0.15) is 0 Å². The third-order valence-corrected chi connectivity index (χ3v) is 8.58. The van der Waals surface area contributed by atoms with Crippen molar-refractivity contribution in [2.24, 2.45) is 11.5 Å². The molecule has 42 heavy (non-hydrogen) atoms. The molecule has 10 N–H and O–H groups in total. The Balaban J connectivity index is 0. The third kappa shape index (κ3) is 19.8. The molecule has 0 heterocycles. The number of esters is 2. The predicted molar refractivity (Wildman–Crippen MR) is 145 cm³/mol. The Bertz CT molecular complexity index is 959. The summed E-state index contributed by atoms with van der Waals surface area (Å²) in [6, 6.07) is -2.46. The summed E-state index contributed by atoms with van der Waals surface area (Å²) in [5, 5.41) is -0.646.